The van der Waals surface area contributed by atoms with Crippen molar-refractivity contribution < 1.29 is 14.2 Å². The normalized spacial score (nSPS) is 27.9. The molecule has 3 rings (SSSR count). The van der Waals surface area contributed by atoms with Gasteiger partial charge in [0.05, 0.1) is 78.9 Å². The average Bonchev–Trinajstić information content (AvgIpc) is 2.59. The van der Waals surface area contributed by atoms with Crippen LogP contribution in [0.3, 0.4) is 0 Å². The second-order valence-corrected chi connectivity index (χ2v) is 9.42. The molecule has 0 bridgehead atoms. The van der Waals surface area contributed by atoms with Crippen LogP contribution in [0.15, 0.2) is 0 Å². The largest absolute Gasteiger partial charge is 0.378 e. The van der Waals surface area contributed by atoms with Crippen molar-refractivity contribution in [2.45, 2.75) is 6.92 Å². The van der Waals surface area contributed by atoms with Crippen molar-refractivity contribution >= 4 is 7.71 Å². The minimum Gasteiger partial charge on any atom is -0.378 e. The molecule has 0 atom stereocenters. The Balaban J connectivity index is 1.85. The molecular formula is C14H29N3O3P+. The van der Waals surface area contributed by atoms with Gasteiger partial charge < -0.3 is 14.2 Å². The van der Waals surface area contributed by atoms with Crippen LogP contribution in [0.2, 0.25) is 0 Å². The lowest BCUT2D eigenvalue weighted by Crippen LogP contribution is -2.54. The van der Waals surface area contributed by atoms with Crippen LogP contribution in [0.5, 0.6) is 0 Å². The average molecular weight is 318 g/mol. The van der Waals surface area contributed by atoms with Gasteiger partial charge in [0.1, 0.15) is 6.16 Å². The third-order valence-electron chi connectivity index (χ3n) is 4.75. The molecule has 3 aliphatic rings. The van der Waals surface area contributed by atoms with Crippen molar-refractivity contribution in [3.05, 3.63) is 0 Å². The summed E-state index contributed by atoms with van der Waals surface area (Å²) in [6, 6.07) is 0. The highest BCUT2D eigenvalue weighted by Gasteiger charge is 2.55. The molecule has 6 nitrogen and oxygen atoms in total. The molecule has 0 radical (unpaired) electrons. The quantitative estimate of drug-likeness (QED) is 0.713. The molecule has 3 heterocycles. The minimum atomic E-state index is -1.44. The molecule has 0 aliphatic carbocycles. The van der Waals surface area contributed by atoms with Crippen LogP contribution in [0.25, 0.3) is 0 Å². The Bertz CT molecular complexity index is 271. The van der Waals surface area contributed by atoms with Crippen molar-refractivity contribution in [3.63, 3.8) is 0 Å². The fourth-order valence-electron chi connectivity index (χ4n) is 3.76. The summed E-state index contributed by atoms with van der Waals surface area (Å²) >= 11 is 0. The van der Waals surface area contributed by atoms with Crippen LogP contribution in [-0.4, -0.2) is 99.1 Å². The predicted octanol–water partition coefficient (Wildman–Crippen LogP) is 0.766. The van der Waals surface area contributed by atoms with Crippen molar-refractivity contribution in [2.75, 3.05) is 85.1 Å². The first-order chi connectivity index (χ1) is 10.4. The van der Waals surface area contributed by atoms with Gasteiger partial charge in [-0.3, -0.25) is 0 Å². The van der Waals surface area contributed by atoms with E-state index in [1.165, 1.54) is 6.16 Å². The van der Waals surface area contributed by atoms with Crippen LogP contribution < -0.4 is 0 Å². The van der Waals surface area contributed by atoms with Crippen LogP contribution in [0.4, 0.5) is 0 Å². The first kappa shape index (κ1) is 16.1. The summed E-state index contributed by atoms with van der Waals surface area (Å²) in [5, 5.41) is 0. The second-order valence-electron chi connectivity index (χ2n) is 5.71. The molecular weight excluding hydrogens is 289 g/mol. The lowest BCUT2D eigenvalue weighted by Gasteiger charge is -2.50. The van der Waals surface area contributed by atoms with E-state index in [-0.39, 0.29) is 0 Å². The van der Waals surface area contributed by atoms with Gasteiger partial charge in [-0.2, -0.15) is 0 Å². The zero-order valence-electron chi connectivity index (χ0n) is 13.2. The molecule has 3 aliphatic heterocycles. The second kappa shape index (κ2) is 7.64. The van der Waals surface area contributed by atoms with Crippen molar-refractivity contribution in [3.8, 4) is 0 Å². The molecule has 0 unspecified atom stereocenters. The fourth-order valence-corrected chi connectivity index (χ4v) is 8.44. The first-order valence-electron chi connectivity index (χ1n) is 8.25. The van der Waals surface area contributed by atoms with Gasteiger partial charge in [0.2, 0.25) is 7.71 Å². The van der Waals surface area contributed by atoms with Gasteiger partial charge in [0, 0.05) is 0 Å². The fraction of sp³-hybridized carbons (Fsp3) is 1.00. The number of ether oxygens (including phenoxy) is 3. The molecule has 0 N–H and O–H groups in total. The topological polar surface area (TPSA) is 37.4 Å². The molecule has 0 aromatic rings. The zero-order chi connectivity index (χ0) is 14.5. The summed E-state index contributed by atoms with van der Waals surface area (Å²) < 4.78 is 25.0. The standard InChI is InChI=1S/C14H29N3O3P/c1-2-21(15-3-9-18-10-4-15,16-5-11-19-12-6-16)17-7-13-20-14-8-17/h2-14H2,1H3/q+1. The Hall–Kier alpha value is 0.190. The van der Waals surface area contributed by atoms with E-state index < -0.39 is 7.71 Å². The molecule has 3 fully saturated rings. The Kier molecular flexibility index (Phi) is 5.85. The van der Waals surface area contributed by atoms with Crippen molar-refractivity contribution in [1.82, 2.24) is 14.0 Å². The Morgan fingerprint density at radius 2 is 0.905 bits per heavy atom. The summed E-state index contributed by atoms with van der Waals surface area (Å²) in [6.45, 7) is 14.0. The van der Waals surface area contributed by atoms with Gasteiger partial charge in [-0.25, -0.2) is 0 Å². The molecule has 21 heavy (non-hydrogen) atoms. The maximum absolute atomic E-state index is 5.60. The van der Waals surface area contributed by atoms with E-state index in [1.54, 1.807) is 0 Å². The van der Waals surface area contributed by atoms with Crippen LogP contribution >= 0.6 is 7.71 Å². The minimum absolute atomic E-state index is 0.871. The summed E-state index contributed by atoms with van der Waals surface area (Å²) in [5.41, 5.74) is 0. The molecule has 122 valence electrons. The molecule has 0 aromatic carbocycles. The number of hydrogen-bond acceptors (Lipinski definition) is 6. The van der Waals surface area contributed by atoms with E-state index in [9.17, 15) is 0 Å². The zero-order valence-corrected chi connectivity index (χ0v) is 14.1. The van der Waals surface area contributed by atoms with Crippen LogP contribution in [0, 0.1) is 0 Å². The third kappa shape index (κ3) is 3.27. The van der Waals surface area contributed by atoms with E-state index in [4.69, 9.17) is 14.2 Å². The molecule has 0 spiro atoms. The Labute approximate surface area is 128 Å². The summed E-state index contributed by atoms with van der Waals surface area (Å²) in [4.78, 5) is 0. The SMILES string of the molecule is CC[P+](N1CCOCC1)(N1CCOCC1)N1CCOCC1. The van der Waals surface area contributed by atoms with Crippen molar-refractivity contribution in [2.24, 2.45) is 0 Å². The maximum atomic E-state index is 5.60. The summed E-state index contributed by atoms with van der Waals surface area (Å²) in [5.74, 6) is 0. The molecule has 3 saturated heterocycles. The molecule has 0 amide bonds. The van der Waals surface area contributed by atoms with Crippen LogP contribution in [0.1, 0.15) is 6.92 Å². The van der Waals surface area contributed by atoms with Gasteiger partial charge in [-0.05, 0) is 6.92 Å². The van der Waals surface area contributed by atoms with E-state index in [2.05, 4.69) is 20.9 Å². The lowest BCUT2D eigenvalue weighted by atomic mass is 10.5. The first-order valence-corrected chi connectivity index (χ1v) is 10.1. The third-order valence-corrected chi connectivity index (χ3v) is 9.51. The molecule has 0 saturated carbocycles. The molecule has 0 aromatic heterocycles. The van der Waals surface area contributed by atoms with Gasteiger partial charge in [-0.1, -0.05) is 0 Å². The van der Waals surface area contributed by atoms with E-state index in [1.807, 2.05) is 0 Å². The summed E-state index contributed by atoms with van der Waals surface area (Å²) in [6.07, 6.45) is 1.22. The van der Waals surface area contributed by atoms with Gasteiger partial charge >= 0.3 is 0 Å². The number of hydrogen-bond donors (Lipinski definition) is 0. The summed E-state index contributed by atoms with van der Waals surface area (Å²) in [7, 11) is -1.44. The van der Waals surface area contributed by atoms with Crippen LogP contribution in [-0.2, 0) is 14.2 Å². The highest BCUT2D eigenvalue weighted by Crippen LogP contribution is 2.67. The monoisotopic (exact) mass is 318 g/mol. The predicted molar refractivity (Wildman–Crippen MR) is 84.6 cm³/mol. The highest BCUT2D eigenvalue weighted by atomic mass is 31.2. The number of rotatable bonds is 4. The Morgan fingerprint density at radius 1 is 0.619 bits per heavy atom. The van der Waals surface area contributed by atoms with Gasteiger partial charge in [0.15, 0.2) is 0 Å². The Morgan fingerprint density at radius 3 is 1.14 bits per heavy atom. The maximum Gasteiger partial charge on any atom is 0.227 e. The van der Waals surface area contributed by atoms with E-state index in [0.717, 1.165) is 78.9 Å². The van der Waals surface area contributed by atoms with E-state index in [0.29, 0.717) is 0 Å². The van der Waals surface area contributed by atoms with Gasteiger partial charge in [-0.15, -0.1) is 14.0 Å². The number of morpholine rings is 3. The molecule has 7 heteroatoms. The highest BCUT2D eigenvalue weighted by molar-refractivity contribution is 7.69. The van der Waals surface area contributed by atoms with Crippen molar-refractivity contribution in [1.29, 1.82) is 0 Å². The van der Waals surface area contributed by atoms with Gasteiger partial charge in [0.25, 0.3) is 0 Å². The van der Waals surface area contributed by atoms with E-state index >= 15 is 0 Å². The smallest absolute Gasteiger partial charge is 0.227 e. The lowest BCUT2D eigenvalue weighted by molar-refractivity contribution is 0.0352. The number of nitrogens with zero attached hydrogens (tertiary/aromatic N) is 3.